The molecule has 2 heterocycles. The van der Waals surface area contributed by atoms with Gasteiger partial charge in [0.05, 0.1) is 17.8 Å². The lowest BCUT2D eigenvalue weighted by atomic mass is 9.96. The fourth-order valence-electron chi connectivity index (χ4n) is 3.11. The van der Waals surface area contributed by atoms with E-state index < -0.39 is 0 Å². The van der Waals surface area contributed by atoms with Crippen LogP contribution in [0.5, 0.6) is 5.75 Å². The Balaban J connectivity index is 2.11. The number of rotatable bonds is 2. The van der Waals surface area contributed by atoms with Crippen LogP contribution >= 0.6 is 23.2 Å². The molecular formula is C17H18Cl2N2O2. The number of methoxy groups -OCH3 is 1. The van der Waals surface area contributed by atoms with Crippen molar-refractivity contribution in [1.29, 1.82) is 0 Å². The van der Waals surface area contributed by atoms with E-state index in [0.29, 0.717) is 28.2 Å². The Hall–Kier alpha value is -1.65. The van der Waals surface area contributed by atoms with Crippen LogP contribution in [0.4, 0.5) is 5.69 Å². The molecule has 0 N–H and O–H groups in total. The van der Waals surface area contributed by atoms with Gasteiger partial charge in [-0.1, -0.05) is 29.3 Å². The molecule has 0 saturated heterocycles. The van der Waals surface area contributed by atoms with Crippen molar-refractivity contribution < 1.29 is 9.53 Å². The average Bonchev–Trinajstić information content (AvgIpc) is 2.82. The van der Waals surface area contributed by atoms with Crippen LogP contribution in [-0.2, 0) is 13.5 Å². The largest absolute Gasteiger partial charge is 0.495 e. The number of hydrogen-bond acceptors (Lipinski definition) is 2. The van der Waals surface area contributed by atoms with Gasteiger partial charge in [-0.25, -0.2) is 0 Å². The molecule has 122 valence electrons. The second-order valence-electron chi connectivity index (χ2n) is 5.70. The van der Waals surface area contributed by atoms with Crippen molar-refractivity contribution >= 4 is 34.8 Å². The summed E-state index contributed by atoms with van der Waals surface area (Å²) < 4.78 is 7.10. The van der Waals surface area contributed by atoms with Crippen LogP contribution < -0.4 is 9.64 Å². The third-order valence-corrected chi connectivity index (χ3v) is 5.20. The minimum absolute atomic E-state index is 0.119. The lowest BCUT2D eigenvalue weighted by molar-refractivity contribution is 0.0976. The van der Waals surface area contributed by atoms with Gasteiger partial charge in [-0.15, -0.1) is 0 Å². The molecule has 6 heteroatoms. The zero-order valence-corrected chi connectivity index (χ0v) is 14.8. The number of ether oxygens (including phenoxy) is 1. The van der Waals surface area contributed by atoms with Crippen molar-refractivity contribution in [3.63, 3.8) is 0 Å². The third kappa shape index (κ3) is 2.60. The first kappa shape index (κ1) is 16.2. The van der Waals surface area contributed by atoms with Crippen molar-refractivity contribution in [3.8, 4) is 5.75 Å². The highest BCUT2D eigenvalue weighted by atomic mass is 35.5. The Morgan fingerprint density at radius 2 is 2.04 bits per heavy atom. The maximum absolute atomic E-state index is 13.1. The molecule has 2 aromatic rings. The van der Waals surface area contributed by atoms with Crippen LogP contribution in [0.1, 0.15) is 28.0 Å². The van der Waals surface area contributed by atoms with E-state index in [9.17, 15) is 4.79 Å². The zero-order valence-electron chi connectivity index (χ0n) is 13.3. The summed E-state index contributed by atoms with van der Waals surface area (Å²) in [4.78, 5) is 14.8. The predicted octanol–water partition coefficient (Wildman–Crippen LogP) is 4.24. The summed E-state index contributed by atoms with van der Waals surface area (Å²) in [7, 11) is 3.36. The number of nitrogens with zero attached hydrogens (tertiary/aromatic N) is 2. The number of amides is 1. The second kappa shape index (κ2) is 6.10. The summed E-state index contributed by atoms with van der Waals surface area (Å²) in [5.41, 5.74) is 3.66. The lowest BCUT2D eigenvalue weighted by Crippen LogP contribution is -2.37. The number of carbonyl (C=O) groups excluding carboxylic acids is 1. The van der Waals surface area contributed by atoms with E-state index in [4.69, 9.17) is 27.9 Å². The molecule has 0 radical (unpaired) electrons. The van der Waals surface area contributed by atoms with Gasteiger partial charge in [0.25, 0.3) is 5.91 Å². The van der Waals surface area contributed by atoms with Gasteiger partial charge in [0.15, 0.2) is 0 Å². The normalized spacial score (nSPS) is 13.9. The van der Waals surface area contributed by atoms with Gasteiger partial charge in [0.1, 0.15) is 16.6 Å². The highest BCUT2D eigenvalue weighted by Gasteiger charge is 2.30. The molecule has 1 amide bonds. The Morgan fingerprint density at radius 3 is 2.65 bits per heavy atom. The van der Waals surface area contributed by atoms with Crippen molar-refractivity contribution in [2.24, 2.45) is 7.05 Å². The predicted molar refractivity (Wildman–Crippen MR) is 93.2 cm³/mol. The minimum atomic E-state index is -0.119. The van der Waals surface area contributed by atoms with Crippen LogP contribution in [0, 0.1) is 6.92 Å². The van der Waals surface area contributed by atoms with Gasteiger partial charge in [-0.3, -0.25) is 4.79 Å². The van der Waals surface area contributed by atoms with Gasteiger partial charge < -0.3 is 14.2 Å². The number of anilines is 1. The van der Waals surface area contributed by atoms with Crippen LogP contribution in [0.25, 0.3) is 0 Å². The Labute approximate surface area is 145 Å². The molecule has 0 unspecified atom stereocenters. The molecule has 0 spiro atoms. The summed E-state index contributed by atoms with van der Waals surface area (Å²) in [6.07, 6.45) is 1.86. The maximum Gasteiger partial charge on any atom is 0.275 e. The molecule has 4 nitrogen and oxygen atoms in total. The number of fused-ring (bicyclic) bond motifs is 1. The molecule has 3 rings (SSSR count). The van der Waals surface area contributed by atoms with Crippen molar-refractivity contribution in [3.05, 3.63) is 45.2 Å². The first-order chi connectivity index (χ1) is 11.0. The molecule has 0 fully saturated rings. The van der Waals surface area contributed by atoms with Gasteiger partial charge in [-0.2, -0.15) is 0 Å². The van der Waals surface area contributed by atoms with Crippen molar-refractivity contribution in [2.45, 2.75) is 19.8 Å². The Kier molecular flexibility index (Phi) is 4.30. The molecule has 23 heavy (non-hydrogen) atoms. The highest BCUT2D eigenvalue weighted by molar-refractivity contribution is 6.42. The summed E-state index contributed by atoms with van der Waals surface area (Å²) in [6.45, 7) is 2.70. The molecule has 0 bridgehead atoms. The van der Waals surface area contributed by atoms with Gasteiger partial charge in [0, 0.05) is 13.6 Å². The van der Waals surface area contributed by atoms with Crippen LogP contribution in [0.2, 0.25) is 10.2 Å². The molecule has 0 atom stereocenters. The maximum atomic E-state index is 13.1. The fraction of sp³-hybridized carbons (Fsp3) is 0.353. The van der Waals surface area contributed by atoms with Crippen molar-refractivity contribution in [2.75, 3.05) is 18.6 Å². The molecule has 1 aromatic carbocycles. The smallest absolute Gasteiger partial charge is 0.275 e. The topological polar surface area (TPSA) is 34.5 Å². The number of hydrogen-bond donors (Lipinski definition) is 0. The van der Waals surface area contributed by atoms with Gasteiger partial charge in [-0.05, 0) is 43.0 Å². The van der Waals surface area contributed by atoms with E-state index in [2.05, 4.69) is 6.92 Å². The molecule has 0 saturated carbocycles. The first-order valence-corrected chi connectivity index (χ1v) is 8.20. The van der Waals surface area contributed by atoms with Crippen LogP contribution in [-0.4, -0.2) is 24.1 Å². The lowest BCUT2D eigenvalue weighted by Gasteiger charge is -2.32. The standard InChI is InChI=1S/C17H18Cl2N2O2/c1-10-6-7-14(23-3)15-11(10)5-4-8-21(15)17(22)13-9-12(18)16(19)20(13)2/h6-7,9H,4-5,8H2,1-3H3. The summed E-state index contributed by atoms with van der Waals surface area (Å²) >= 11 is 12.2. The molecule has 1 aliphatic heterocycles. The molecule has 1 aliphatic rings. The van der Waals surface area contributed by atoms with E-state index in [1.54, 1.807) is 29.7 Å². The van der Waals surface area contributed by atoms with E-state index in [-0.39, 0.29) is 5.91 Å². The third-order valence-electron chi connectivity index (χ3n) is 4.36. The number of aromatic nitrogens is 1. The number of carbonyl (C=O) groups is 1. The summed E-state index contributed by atoms with van der Waals surface area (Å²) in [5.74, 6) is 0.594. The molecular weight excluding hydrogens is 335 g/mol. The number of aryl methyl sites for hydroxylation is 1. The van der Waals surface area contributed by atoms with E-state index in [0.717, 1.165) is 24.1 Å². The van der Waals surface area contributed by atoms with E-state index in [1.165, 1.54) is 5.56 Å². The van der Waals surface area contributed by atoms with Crippen LogP contribution in [0.15, 0.2) is 18.2 Å². The SMILES string of the molecule is COc1ccc(C)c2c1N(C(=O)c1cc(Cl)c(Cl)n1C)CCC2. The Morgan fingerprint density at radius 1 is 1.30 bits per heavy atom. The fourth-order valence-corrected chi connectivity index (χ4v) is 3.48. The van der Waals surface area contributed by atoms with E-state index >= 15 is 0 Å². The van der Waals surface area contributed by atoms with E-state index in [1.807, 2.05) is 12.1 Å². The molecule has 0 aliphatic carbocycles. The first-order valence-electron chi connectivity index (χ1n) is 7.44. The van der Waals surface area contributed by atoms with Crippen LogP contribution in [0.3, 0.4) is 0 Å². The average molecular weight is 353 g/mol. The Bertz CT molecular complexity index is 783. The zero-order chi connectivity index (χ0) is 16.7. The number of benzene rings is 1. The van der Waals surface area contributed by atoms with Gasteiger partial charge >= 0.3 is 0 Å². The molecule has 1 aromatic heterocycles. The van der Waals surface area contributed by atoms with Gasteiger partial charge in [0.2, 0.25) is 0 Å². The summed E-state index contributed by atoms with van der Waals surface area (Å²) in [5, 5.41) is 0.745. The quantitative estimate of drug-likeness (QED) is 0.809. The second-order valence-corrected chi connectivity index (χ2v) is 6.46. The number of halogens is 2. The minimum Gasteiger partial charge on any atom is -0.495 e. The summed E-state index contributed by atoms with van der Waals surface area (Å²) in [6, 6.07) is 5.55. The monoisotopic (exact) mass is 352 g/mol. The highest BCUT2D eigenvalue weighted by Crippen LogP contribution is 2.39. The van der Waals surface area contributed by atoms with Crippen molar-refractivity contribution in [1.82, 2.24) is 4.57 Å².